The quantitative estimate of drug-likeness (QED) is 0.613. The minimum Gasteiger partial charge on any atom is -0.459 e. The Kier molecular flexibility index (Phi) is 5.06. The predicted molar refractivity (Wildman–Crippen MR) is 104 cm³/mol. The highest BCUT2D eigenvalue weighted by atomic mass is 19.1. The van der Waals surface area contributed by atoms with E-state index >= 15 is 0 Å². The zero-order valence-electron chi connectivity index (χ0n) is 15.3. The smallest absolute Gasteiger partial charge is 0.289 e. The van der Waals surface area contributed by atoms with Crippen LogP contribution in [-0.2, 0) is 0 Å². The summed E-state index contributed by atoms with van der Waals surface area (Å²) < 4.78 is 19.8. The molecule has 4 rings (SSSR count). The molecule has 0 bridgehead atoms. The lowest BCUT2D eigenvalue weighted by atomic mass is 9.89. The third-order valence-electron chi connectivity index (χ3n) is 5.15. The van der Waals surface area contributed by atoms with Crippen LogP contribution in [0.1, 0.15) is 33.8 Å². The molecule has 2 aromatic carbocycles. The number of hydrogen-bond acceptors (Lipinski definition) is 3. The van der Waals surface area contributed by atoms with E-state index in [0.717, 1.165) is 12.0 Å². The molecule has 0 saturated carbocycles. The van der Waals surface area contributed by atoms with Gasteiger partial charge in [0.2, 0.25) is 0 Å². The summed E-state index contributed by atoms with van der Waals surface area (Å²) in [5.74, 6) is -0.832. The highest BCUT2D eigenvalue weighted by Crippen LogP contribution is 2.27. The Morgan fingerprint density at radius 2 is 1.86 bits per heavy atom. The summed E-state index contributed by atoms with van der Waals surface area (Å²) >= 11 is 0. The molecule has 28 heavy (non-hydrogen) atoms. The van der Waals surface area contributed by atoms with Gasteiger partial charge in [0.15, 0.2) is 11.5 Å². The van der Waals surface area contributed by atoms with Crippen LogP contribution in [0.15, 0.2) is 71.3 Å². The Morgan fingerprint density at radius 3 is 2.57 bits per heavy atom. The van der Waals surface area contributed by atoms with Gasteiger partial charge in [0.25, 0.3) is 5.91 Å². The van der Waals surface area contributed by atoms with Crippen molar-refractivity contribution in [3.8, 4) is 11.1 Å². The number of amides is 1. The van der Waals surface area contributed by atoms with E-state index in [-0.39, 0.29) is 23.4 Å². The van der Waals surface area contributed by atoms with Crippen molar-refractivity contribution < 1.29 is 18.4 Å². The fourth-order valence-electron chi connectivity index (χ4n) is 3.69. The van der Waals surface area contributed by atoms with Gasteiger partial charge in [0, 0.05) is 30.1 Å². The highest BCUT2D eigenvalue weighted by Gasteiger charge is 2.30. The molecule has 0 unspecified atom stereocenters. The zero-order valence-corrected chi connectivity index (χ0v) is 15.3. The van der Waals surface area contributed by atoms with Crippen molar-refractivity contribution in [3.05, 3.63) is 84.1 Å². The lowest BCUT2D eigenvalue weighted by molar-refractivity contribution is 0.0610. The maximum absolute atomic E-state index is 14.6. The molecule has 4 nitrogen and oxygen atoms in total. The SMILES string of the molecule is O=C(c1ccc(-c2ccccc2)c(F)c1)[C@@H]1CCCN(C(=O)c2ccco2)C1. The lowest BCUT2D eigenvalue weighted by Gasteiger charge is -2.31. The summed E-state index contributed by atoms with van der Waals surface area (Å²) in [6.07, 6.45) is 2.87. The van der Waals surface area contributed by atoms with Gasteiger partial charge < -0.3 is 9.32 Å². The molecule has 5 heteroatoms. The highest BCUT2D eigenvalue weighted by molar-refractivity contribution is 5.99. The summed E-state index contributed by atoms with van der Waals surface area (Å²) in [5.41, 5.74) is 1.58. The topological polar surface area (TPSA) is 50.5 Å². The average molecular weight is 377 g/mol. The molecule has 0 radical (unpaired) electrons. The molecular formula is C23H20FNO3. The van der Waals surface area contributed by atoms with Crippen LogP contribution in [0.5, 0.6) is 0 Å². The van der Waals surface area contributed by atoms with E-state index in [1.165, 1.54) is 12.3 Å². The molecule has 3 aromatic rings. The number of furan rings is 1. The Hall–Kier alpha value is -3.21. The van der Waals surface area contributed by atoms with Crippen molar-refractivity contribution >= 4 is 11.7 Å². The summed E-state index contributed by atoms with van der Waals surface area (Å²) in [4.78, 5) is 27.0. The fraction of sp³-hybridized carbons (Fsp3) is 0.217. The van der Waals surface area contributed by atoms with Crippen LogP contribution in [0.3, 0.4) is 0 Å². The first-order valence-corrected chi connectivity index (χ1v) is 9.35. The summed E-state index contributed by atoms with van der Waals surface area (Å²) in [6, 6.07) is 17.1. The van der Waals surface area contributed by atoms with Crippen LogP contribution < -0.4 is 0 Å². The van der Waals surface area contributed by atoms with Crippen LogP contribution in [0.4, 0.5) is 4.39 Å². The molecule has 1 aliphatic rings. The standard InChI is InChI=1S/C23H20FNO3/c24-20-14-17(10-11-19(20)16-6-2-1-3-7-16)22(26)18-8-4-12-25(15-18)23(27)21-9-5-13-28-21/h1-3,5-7,9-11,13-14,18H,4,8,12,15H2/t18-/m1/s1. The van der Waals surface area contributed by atoms with Crippen molar-refractivity contribution in [2.24, 2.45) is 5.92 Å². The molecular weight excluding hydrogens is 357 g/mol. The third kappa shape index (κ3) is 3.60. The van der Waals surface area contributed by atoms with E-state index < -0.39 is 5.82 Å². The van der Waals surface area contributed by atoms with Crippen molar-refractivity contribution in [1.29, 1.82) is 0 Å². The lowest BCUT2D eigenvalue weighted by Crippen LogP contribution is -2.42. The molecule has 1 saturated heterocycles. The van der Waals surface area contributed by atoms with Crippen LogP contribution in [0, 0.1) is 11.7 Å². The van der Waals surface area contributed by atoms with E-state index in [9.17, 15) is 14.0 Å². The molecule has 1 amide bonds. The second-order valence-corrected chi connectivity index (χ2v) is 6.99. The molecule has 1 aliphatic heterocycles. The molecule has 1 fully saturated rings. The van der Waals surface area contributed by atoms with Crippen molar-refractivity contribution in [3.63, 3.8) is 0 Å². The molecule has 2 heterocycles. The Balaban J connectivity index is 1.51. The molecule has 1 atom stereocenters. The van der Waals surface area contributed by atoms with Crippen LogP contribution in [0.2, 0.25) is 0 Å². The fourth-order valence-corrected chi connectivity index (χ4v) is 3.69. The number of rotatable bonds is 4. The van der Waals surface area contributed by atoms with E-state index in [4.69, 9.17) is 4.42 Å². The number of benzene rings is 2. The maximum Gasteiger partial charge on any atom is 0.289 e. The summed E-state index contributed by atoms with van der Waals surface area (Å²) in [6.45, 7) is 0.908. The number of halogens is 1. The van der Waals surface area contributed by atoms with Crippen LogP contribution >= 0.6 is 0 Å². The molecule has 1 aromatic heterocycles. The first kappa shape index (κ1) is 18.2. The number of hydrogen-bond donors (Lipinski definition) is 0. The van der Waals surface area contributed by atoms with Gasteiger partial charge in [-0.3, -0.25) is 9.59 Å². The predicted octanol–water partition coefficient (Wildman–Crippen LogP) is 4.82. The Morgan fingerprint density at radius 1 is 1.04 bits per heavy atom. The normalized spacial score (nSPS) is 16.8. The maximum atomic E-state index is 14.6. The molecule has 0 spiro atoms. The number of likely N-dealkylation sites (tertiary alicyclic amines) is 1. The number of nitrogens with zero attached hydrogens (tertiary/aromatic N) is 1. The van der Waals surface area contributed by atoms with E-state index in [1.54, 1.807) is 29.2 Å². The van der Waals surface area contributed by atoms with Gasteiger partial charge in [-0.05, 0) is 36.6 Å². The second kappa shape index (κ2) is 7.80. The first-order chi connectivity index (χ1) is 13.6. The van der Waals surface area contributed by atoms with Gasteiger partial charge in [-0.2, -0.15) is 0 Å². The van der Waals surface area contributed by atoms with Gasteiger partial charge in [-0.25, -0.2) is 4.39 Å². The number of Topliss-reactive ketones (excluding diaryl/α,β-unsaturated/α-hetero) is 1. The third-order valence-corrected chi connectivity index (χ3v) is 5.15. The van der Waals surface area contributed by atoms with E-state index in [0.29, 0.717) is 30.6 Å². The molecule has 0 N–H and O–H groups in total. The van der Waals surface area contributed by atoms with Gasteiger partial charge in [-0.15, -0.1) is 0 Å². The first-order valence-electron chi connectivity index (χ1n) is 9.35. The number of piperidine rings is 1. The van der Waals surface area contributed by atoms with Gasteiger partial charge in [0.1, 0.15) is 5.82 Å². The van der Waals surface area contributed by atoms with Crippen LogP contribution in [0.25, 0.3) is 11.1 Å². The van der Waals surface area contributed by atoms with Gasteiger partial charge in [-0.1, -0.05) is 42.5 Å². The second-order valence-electron chi connectivity index (χ2n) is 6.99. The van der Waals surface area contributed by atoms with Gasteiger partial charge >= 0.3 is 0 Å². The monoisotopic (exact) mass is 377 g/mol. The minimum absolute atomic E-state index is 0.129. The number of carbonyl (C=O) groups excluding carboxylic acids is 2. The molecule has 142 valence electrons. The Bertz CT molecular complexity index is 982. The number of ketones is 1. The average Bonchev–Trinajstić information content (AvgIpc) is 3.28. The van der Waals surface area contributed by atoms with Crippen LogP contribution in [-0.4, -0.2) is 29.7 Å². The van der Waals surface area contributed by atoms with Crippen molar-refractivity contribution in [2.45, 2.75) is 12.8 Å². The Labute approximate surface area is 162 Å². The molecule has 0 aliphatic carbocycles. The summed E-state index contributed by atoms with van der Waals surface area (Å²) in [5, 5.41) is 0. The van der Waals surface area contributed by atoms with E-state index in [1.807, 2.05) is 30.3 Å². The number of carbonyl (C=O) groups is 2. The zero-order chi connectivity index (χ0) is 19.5. The van der Waals surface area contributed by atoms with E-state index in [2.05, 4.69) is 0 Å². The van der Waals surface area contributed by atoms with Crippen molar-refractivity contribution in [1.82, 2.24) is 4.90 Å². The summed E-state index contributed by atoms with van der Waals surface area (Å²) in [7, 11) is 0. The largest absolute Gasteiger partial charge is 0.459 e. The van der Waals surface area contributed by atoms with Gasteiger partial charge in [0.05, 0.1) is 6.26 Å². The minimum atomic E-state index is -0.420. The van der Waals surface area contributed by atoms with Crippen molar-refractivity contribution in [2.75, 3.05) is 13.1 Å².